The van der Waals surface area contributed by atoms with Crippen LogP contribution in [0.5, 0.6) is 5.88 Å². The molecule has 0 aromatic carbocycles. The molecule has 0 N–H and O–H groups in total. The van der Waals surface area contributed by atoms with Gasteiger partial charge in [0.05, 0.1) is 6.04 Å². The average Bonchev–Trinajstić information content (AvgIpc) is 3.00. The van der Waals surface area contributed by atoms with Crippen molar-refractivity contribution in [1.82, 2.24) is 14.9 Å². The number of hydrogen-bond donors (Lipinski definition) is 0. The van der Waals surface area contributed by atoms with Gasteiger partial charge in [0.1, 0.15) is 17.4 Å². The molecule has 4 nitrogen and oxygen atoms in total. The second-order valence-electron chi connectivity index (χ2n) is 7.83. The minimum atomic E-state index is -1.39. The lowest BCUT2D eigenvalue weighted by Crippen LogP contribution is -2.23. The smallest absolute Gasteiger partial charge is 0.216 e. The highest BCUT2D eigenvalue weighted by Crippen LogP contribution is 2.41. The molecule has 0 radical (unpaired) electrons. The Morgan fingerprint density at radius 3 is 2.79 bits per heavy atom. The van der Waals surface area contributed by atoms with Gasteiger partial charge in [0, 0.05) is 41.3 Å². The molecule has 0 saturated heterocycles. The zero-order chi connectivity index (χ0) is 20.5. The normalized spacial score (nSPS) is 16.4. The number of allylic oxidation sites excluding steroid dienone is 1. The van der Waals surface area contributed by atoms with Crippen molar-refractivity contribution in [2.45, 2.75) is 59.3 Å². The summed E-state index contributed by atoms with van der Waals surface area (Å²) < 4.78 is 19.3. The lowest BCUT2D eigenvalue weighted by atomic mass is 10.1. The van der Waals surface area contributed by atoms with Gasteiger partial charge in [-0.05, 0) is 51.8 Å². The maximum atomic E-state index is 13.7. The number of rotatable bonds is 6. The summed E-state index contributed by atoms with van der Waals surface area (Å²) in [4.78, 5) is 11.0. The summed E-state index contributed by atoms with van der Waals surface area (Å²) in [6, 6.07) is 4.18. The second kappa shape index (κ2) is 8.08. The Balaban J connectivity index is 1.86. The van der Waals surface area contributed by atoms with Crippen LogP contribution in [0.4, 0.5) is 4.39 Å². The molecular formula is C22H27ClFN3O. The van der Waals surface area contributed by atoms with Crippen LogP contribution in [0.15, 0.2) is 30.6 Å². The lowest BCUT2D eigenvalue weighted by Gasteiger charge is -2.29. The number of aromatic nitrogens is 2. The third kappa shape index (κ3) is 4.30. The summed E-state index contributed by atoms with van der Waals surface area (Å²) in [5.74, 6) is 0.475. The molecule has 6 heteroatoms. The van der Waals surface area contributed by atoms with Crippen LogP contribution in [0.3, 0.4) is 0 Å². The van der Waals surface area contributed by atoms with Crippen molar-refractivity contribution in [3.8, 4) is 5.88 Å². The molecular weight excluding hydrogens is 377 g/mol. The van der Waals surface area contributed by atoms with E-state index in [2.05, 4.69) is 40.9 Å². The standard InChI is InChI=1S/C22H27ClFN3O/c1-6-7-19-17-8-9-25-20(23)18(17)12-27(19)15(3)16-10-14(2)21(26-11-16)28-13-22(4,5)24/h7-11,15H,6,12-13H2,1-5H3/b19-7-. The van der Waals surface area contributed by atoms with Crippen molar-refractivity contribution in [2.24, 2.45) is 0 Å². The van der Waals surface area contributed by atoms with E-state index < -0.39 is 5.67 Å². The highest BCUT2D eigenvalue weighted by molar-refractivity contribution is 6.30. The number of fused-ring (bicyclic) bond motifs is 1. The molecule has 0 amide bonds. The van der Waals surface area contributed by atoms with E-state index in [0.717, 1.165) is 28.7 Å². The molecule has 0 spiro atoms. The van der Waals surface area contributed by atoms with Crippen molar-refractivity contribution in [3.05, 3.63) is 58.0 Å². The van der Waals surface area contributed by atoms with Crippen LogP contribution in [0.25, 0.3) is 5.70 Å². The van der Waals surface area contributed by atoms with Crippen molar-refractivity contribution in [2.75, 3.05) is 6.61 Å². The summed E-state index contributed by atoms with van der Waals surface area (Å²) in [5.41, 5.74) is 3.95. The van der Waals surface area contributed by atoms with Crippen LogP contribution in [0.2, 0.25) is 5.15 Å². The topological polar surface area (TPSA) is 38.2 Å². The molecule has 2 aromatic heterocycles. The van der Waals surface area contributed by atoms with Gasteiger partial charge in [-0.2, -0.15) is 0 Å². The van der Waals surface area contributed by atoms with Crippen LogP contribution >= 0.6 is 11.6 Å². The summed E-state index contributed by atoms with van der Waals surface area (Å²) in [5, 5.41) is 0.557. The third-order valence-electron chi connectivity index (χ3n) is 4.87. The van der Waals surface area contributed by atoms with E-state index in [1.165, 1.54) is 19.5 Å². The van der Waals surface area contributed by atoms with Gasteiger partial charge in [0.2, 0.25) is 5.88 Å². The van der Waals surface area contributed by atoms with E-state index in [4.69, 9.17) is 16.3 Å². The minimum Gasteiger partial charge on any atom is -0.474 e. The van der Waals surface area contributed by atoms with Gasteiger partial charge in [-0.25, -0.2) is 14.4 Å². The van der Waals surface area contributed by atoms with E-state index >= 15 is 0 Å². The van der Waals surface area contributed by atoms with Gasteiger partial charge >= 0.3 is 0 Å². The van der Waals surface area contributed by atoms with Crippen LogP contribution in [-0.4, -0.2) is 27.1 Å². The van der Waals surface area contributed by atoms with Crippen LogP contribution in [-0.2, 0) is 6.54 Å². The monoisotopic (exact) mass is 403 g/mol. The number of pyridine rings is 2. The van der Waals surface area contributed by atoms with E-state index in [-0.39, 0.29) is 12.6 Å². The Kier molecular flexibility index (Phi) is 5.94. The number of hydrogen-bond acceptors (Lipinski definition) is 4. The molecule has 0 fully saturated rings. The summed E-state index contributed by atoms with van der Waals surface area (Å²) in [7, 11) is 0. The fourth-order valence-corrected chi connectivity index (χ4v) is 3.63. The Morgan fingerprint density at radius 1 is 1.39 bits per heavy atom. The predicted molar refractivity (Wildman–Crippen MR) is 111 cm³/mol. The fraction of sp³-hybridized carbons (Fsp3) is 0.455. The number of halogens is 2. The molecule has 3 rings (SSSR count). The SMILES string of the molecule is CC/C=C1/c2ccnc(Cl)c2CN1C(C)c1cnc(OCC(C)(C)F)c(C)c1. The first-order chi connectivity index (χ1) is 13.2. The summed E-state index contributed by atoms with van der Waals surface area (Å²) in [6.07, 6.45) is 6.72. The van der Waals surface area contributed by atoms with E-state index in [9.17, 15) is 4.39 Å². The van der Waals surface area contributed by atoms with Crippen molar-refractivity contribution in [3.63, 3.8) is 0 Å². The average molecular weight is 404 g/mol. The quantitative estimate of drug-likeness (QED) is 0.563. The van der Waals surface area contributed by atoms with Crippen molar-refractivity contribution in [1.29, 1.82) is 0 Å². The molecule has 0 bridgehead atoms. The number of alkyl halides is 1. The number of aryl methyl sites for hydroxylation is 1. The van der Waals surface area contributed by atoms with Crippen LogP contribution < -0.4 is 4.74 Å². The Labute approximate surface area is 171 Å². The van der Waals surface area contributed by atoms with Gasteiger partial charge in [0.15, 0.2) is 0 Å². The molecule has 1 aliphatic heterocycles. The minimum absolute atomic E-state index is 0.0218. The van der Waals surface area contributed by atoms with E-state index in [1.807, 2.05) is 19.2 Å². The maximum absolute atomic E-state index is 13.7. The third-order valence-corrected chi connectivity index (χ3v) is 5.19. The highest BCUT2D eigenvalue weighted by atomic mass is 35.5. The number of ether oxygens (including phenoxy) is 1. The molecule has 3 heterocycles. The Hall–Kier alpha value is -2.14. The molecule has 0 aliphatic carbocycles. The summed E-state index contributed by atoms with van der Waals surface area (Å²) in [6.45, 7) is 9.89. The lowest BCUT2D eigenvalue weighted by molar-refractivity contribution is 0.117. The zero-order valence-electron chi connectivity index (χ0n) is 17.1. The Bertz CT molecular complexity index is 892. The molecule has 1 atom stereocenters. The molecule has 1 unspecified atom stereocenters. The molecule has 2 aromatic rings. The number of nitrogens with zero attached hydrogens (tertiary/aromatic N) is 3. The second-order valence-corrected chi connectivity index (χ2v) is 8.19. The van der Waals surface area contributed by atoms with Gasteiger partial charge in [-0.3, -0.25) is 0 Å². The Morgan fingerprint density at radius 2 is 2.14 bits per heavy atom. The first-order valence-electron chi connectivity index (χ1n) is 9.60. The van der Waals surface area contributed by atoms with E-state index in [0.29, 0.717) is 17.6 Å². The molecule has 150 valence electrons. The van der Waals surface area contributed by atoms with Gasteiger partial charge in [-0.15, -0.1) is 0 Å². The van der Waals surface area contributed by atoms with Crippen LogP contribution in [0.1, 0.15) is 62.4 Å². The first kappa shape index (κ1) is 20.6. The molecule has 0 saturated carbocycles. The molecule has 28 heavy (non-hydrogen) atoms. The van der Waals surface area contributed by atoms with Gasteiger partial charge in [-0.1, -0.05) is 24.6 Å². The van der Waals surface area contributed by atoms with Gasteiger partial charge in [0.25, 0.3) is 0 Å². The predicted octanol–water partition coefficient (Wildman–Crippen LogP) is 5.89. The van der Waals surface area contributed by atoms with Crippen LogP contribution in [0, 0.1) is 6.92 Å². The first-order valence-corrected chi connectivity index (χ1v) is 9.98. The maximum Gasteiger partial charge on any atom is 0.216 e. The van der Waals surface area contributed by atoms with E-state index in [1.54, 1.807) is 6.20 Å². The fourth-order valence-electron chi connectivity index (χ4n) is 3.42. The highest BCUT2D eigenvalue weighted by Gasteiger charge is 2.30. The summed E-state index contributed by atoms with van der Waals surface area (Å²) >= 11 is 6.34. The van der Waals surface area contributed by atoms with Gasteiger partial charge < -0.3 is 9.64 Å². The van der Waals surface area contributed by atoms with Crippen molar-refractivity contribution >= 4 is 17.3 Å². The molecule has 1 aliphatic rings. The van der Waals surface area contributed by atoms with Crippen molar-refractivity contribution < 1.29 is 9.13 Å². The largest absolute Gasteiger partial charge is 0.474 e. The zero-order valence-corrected chi connectivity index (χ0v) is 17.8.